The standard InChI is InChI=1S/C18H23ClN4O3/c1-12(13-6-5-7-14(19)10-13)20-11-15(24)22-23-16(25)18(21-17(23)26)8-3-2-4-9-18/h5-7,10,12,20H,2-4,8-9,11H2,1H3,(H,21,26)(H,22,24)/p+1/t12-/m0/s1. The monoisotopic (exact) mass is 379 g/mol. The molecule has 1 spiro atoms. The number of rotatable bonds is 5. The molecule has 7 nitrogen and oxygen atoms in total. The van der Waals surface area contributed by atoms with Crippen LogP contribution in [0.3, 0.4) is 0 Å². The number of nitrogens with zero attached hydrogens (tertiary/aromatic N) is 1. The number of nitrogens with one attached hydrogen (secondary N) is 2. The Kier molecular flexibility index (Phi) is 5.48. The number of hydrogen-bond acceptors (Lipinski definition) is 3. The molecule has 1 saturated carbocycles. The fraction of sp³-hybridized carbons (Fsp3) is 0.500. The van der Waals surface area contributed by atoms with Gasteiger partial charge in [-0.3, -0.25) is 15.0 Å². The molecule has 26 heavy (non-hydrogen) atoms. The minimum atomic E-state index is -0.833. The van der Waals surface area contributed by atoms with Gasteiger partial charge in [0, 0.05) is 10.6 Å². The molecule has 3 rings (SSSR count). The predicted molar refractivity (Wildman–Crippen MR) is 96.0 cm³/mol. The second-order valence-corrected chi connectivity index (χ2v) is 7.47. The fourth-order valence-corrected chi connectivity index (χ4v) is 3.79. The summed E-state index contributed by atoms with van der Waals surface area (Å²) in [6, 6.07) is 6.92. The highest BCUT2D eigenvalue weighted by Gasteiger charge is 2.52. The van der Waals surface area contributed by atoms with Crippen molar-refractivity contribution < 1.29 is 19.7 Å². The van der Waals surface area contributed by atoms with Gasteiger partial charge in [0.2, 0.25) is 0 Å². The Morgan fingerprint density at radius 2 is 2.08 bits per heavy atom. The Morgan fingerprint density at radius 1 is 1.35 bits per heavy atom. The van der Waals surface area contributed by atoms with Crippen LogP contribution in [-0.4, -0.2) is 34.9 Å². The van der Waals surface area contributed by atoms with Crippen LogP contribution in [0.15, 0.2) is 24.3 Å². The fourth-order valence-electron chi connectivity index (χ4n) is 3.60. The van der Waals surface area contributed by atoms with Crippen molar-refractivity contribution >= 4 is 29.4 Å². The van der Waals surface area contributed by atoms with Crippen LogP contribution in [-0.2, 0) is 9.59 Å². The number of quaternary nitrogens is 1. The lowest BCUT2D eigenvalue weighted by molar-refractivity contribution is -0.682. The Balaban J connectivity index is 1.54. The topological polar surface area (TPSA) is 95.1 Å². The number of carbonyl (C=O) groups excluding carboxylic acids is 3. The van der Waals surface area contributed by atoms with E-state index < -0.39 is 17.5 Å². The Labute approximate surface area is 157 Å². The van der Waals surface area contributed by atoms with E-state index in [0.29, 0.717) is 17.9 Å². The number of nitrogens with two attached hydrogens (primary N) is 1. The molecule has 0 unspecified atom stereocenters. The molecule has 2 aliphatic rings. The van der Waals surface area contributed by atoms with Gasteiger partial charge in [0.15, 0.2) is 6.54 Å². The molecule has 4 amide bonds. The highest BCUT2D eigenvalue weighted by Crippen LogP contribution is 2.32. The number of carbonyl (C=O) groups is 3. The first-order valence-corrected chi connectivity index (χ1v) is 9.34. The molecule has 1 aliphatic heterocycles. The highest BCUT2D eigenvalue weighted by molar-refractivity contribution is 6.30. The quantitative estimate of drug-likeness (QED) is 0.672. The maximum Gasteiger partial charge on any atom is 0.344 e. The number of hydrogen-bond donors (Lipinski definition) is 3. The largest absolute Gasteiger partial charge is 0.344 e. The molecule has 0 radical (unpaired) electrons. The number of amides is 4. The van der Waals surface area contributed by atoms with Gasteiger partial charge in [0.05, 0.1) is 0 Å². The van der Waals surface area contributed by atoms with Crippen molar-refractivity contribution in [3.63, 3.8) is 0 Å². The van der Waals surface area contributed by atoms with Gasteiger partial charge in [0.1, 0.15) is 11.6 Å². The Morgan fingerprint density at radius 3 is 2.77 bits per heavy atom. The van der Waals surface area contributed by atoms with E-state index >= 15 is 0 Å². The van der Waals surface area contributed by atoms with Crippen LogP contribution in [0, 0.1) is 0 Å². The molecular formula is C18H24ClN4O3+. The molecule has 0 aromatic heterocycles. The summed E-state index contributed by atoms with van der Waals surface area (Å²) in [6.07, 6.45) is 4.12. The van der Waals surface area contributed by atoms with Crippen molar-refractivity contribution in [3.8, 4) is 0 Å². The summed E-state index contributed by atoms with van der Waals surface area (Å²) in [4.78, 5) is 37.0. The van der Waals surface area contributed by atoms with E-state index in [9.17, 15) is 14.4 Å². The number of imide groups is 1. The summed E-state index contributed by atoms with van der Waals surface area (Å²) in [5, 5.41) is 6.08. The van der Waals surface area contributed by atoms with Gasteiger partial charge in [-0.05, 0) is 31.9 Å². The van der Waals surface area contributed by atoms with Crippen molar-refractivity contribution in [3.05, 3.63) is 34.9 Å². The minimum Gasteiger partial charge on any atom is -0.332 e. The van der Waals surface area contributed by atoms with Gasteiger partial charge in [-0.1, -0.05) is 43.0 Å². The maximum atomic E-state index is 12.6. The van der Waals surface area contributed by atoms with Crippen LogP contribution in [0.4, 0.5) is 4.79 Å². The normalized spacial score (nSPS) is 20.2. The smallest absolute Gasteiger partial charge is 0.332 e. The lowest BCUT2D eigenvalue weighted by Crippen LogP contribution is -2.87. The molecule has 8 heteroatoms. The van der Waals surface area contributed by atoms with Crippen LogP contribution in [0.2, 0.25) is 5.02 Å². The van der Waals surface area contributed by atoms with Crippen LogP contribution >= 0.6 is 11.6 Å². The average molecular weight is 380 g/mol. The molecule has 1 heterocycles. The zero-order chi connectivity index (χ0) is 18.7. The second-order valence-electron chi connectivity index (χ2n) is 7.03. The predicted octanol–water partition coefficient (Wildman–Crippen LogP) is 1.25. The third-order valence-corrected chi connectivity index (χ3v) is 5.37. The van der Waals surface area contributed by atoms with Crippen molar-refractivity contribution in [2.75, 3.05) is 6.54 Å². The van der Waals surface area contributed by atoms with Crippen molar-refractivity contribution in [2.45, 2.75) is 50.6 Å². The molecular weight excluding hydrogens is 356 g/mol. The first-order chi connectivity index (χ1) is 12.4. The van der Waals surface area contributed by atoms with Gasteiger partial charge in [-0.15, -0.1) is 0 Å². The van der Waals surface area contributed by atoms with E-state index in [0.717, 1.165) is 29.8 Å². The lowest BCUT2D eigenvalue weighted by atomic mass is 9.82. The number of hydrazine groups is 1. The molecule has 2 fully saturated rings. The van der Waals surface area contributed by atoms with E-state index in [1.807, 2.05) is 30.4 Å². The molecule has 1 saturated heterocycles. The van der Waals surface area contributed by atoms with E-state index in [1.54, 1.807) is 6.07 Å². The summed E-state index contributed by atoms with van der Waals surface area (Å²) >= 11 is 5.99. The summed E-state index contributed by atoms with van der Waals surface area (Å²) < 4.78 is 0. The number of benzene rings is 1. The van der Waals surface area contributed by atoms with Gasteiger partial charge in [-0.2, -0.15) is 5.01 Å². The van der Waals surface area contributed by atoms with Crippen LogP contribution in [0.25, 0.3) is 0 Å². The van der Waals surface area contributed by atoms with Gasteiger partial charge < -0.3 is 10.6 Å². The maximum absolute atomic E-state index is 12.6. The van der Waals surface area contributed by atoms with Crippen LogP contribution in [0.1, 0.15) is 50.6 Å². The van der Waals surface area contributed by atoms with E-state index in [4.69, 9.17) is 11.6 Å². The summed E-state index contributed by atoms with van der Waals surface area (Å²) in [5.74, 6) is -0.742. The van der Waals surface area contributed by atoms with E-state index in [1.165, 1.54) is 0 Å². The minimum absolute atomic E-state index is 0.0206. The number of halogens is 1. The van der Waals surface area contributed by atoms with Crippen LogP contribution < -0.4 is 16.1 Å². The summed E-state index contributed by atoms with van der Waals surface area (Å²) in [6.45, 7) is 2.06. The average Bonchev–Trinajstić information content (AvgIpc) is 2.84. The van der Waals surface area contributed by atoms with E-state index in [-0.39, 0.29) is 18.5 Å². The Hall–Kier alpha value is -2.12. The molecule has 140 valence electrons. The lowest BCUT2D eigenvalue weighted by Gasteiger charge is -2.30. The summed E-state index contributed by atoms with van der Waals surface area (Å²) in [5.41, 5.74) is 2.61. The molecule has 1 aliphatic carbocycles. The third kappa shape index (κ3) is 3.83. The first kappa shape index (κ1) is 18.7. The summed E-state index contributed by atoms with van der Waals surface area (Å²) in [7, 11) is 0. The third-order valence-electron chi connectivity index (χ3n) is 5.14. The number of urea groups is 1. The molecule has 4 N–H and O–H groups in total. The first-order valence-electron chi connectivity index (χ1n) is 8.96. The zero-order valence-electron chi connectivity index (χ0n) is 14.8. The zero-order valence-corrected chi connectivity index (χ0v) is 15.5. The van der Waals surface area contributed by atoms with E-state index in [2.05, 4.69) is 10.7 Å². The SMILES string of the molecule is C[C@H]([NH2+]CC(=O)NN1C(=O)NC2(CCCCC2)C1=O)c1cccc(Cl)c1. The van der Waals surface area contributed by atoms with Crippen molar-refractivity contribution in [1.82, 2.24) is 15.8 Å². The van der Waals surface area contributed by atoms with Gasteiger partial charge in [0.25, 0.3) is 11.8 Å². The van der Waals surface area contributed by atoms with Crippen LogP contribution in [0.5, 0.6) is 0 Å². The molecule has 0 bridgehead atoms. The van der Waals surface area contributed by atoms with Crippen molar-refractivity contribution in [1.29, 1.82) is 0 Å². The Bertz CT molecular complexity index is 718. The molecule has 1 atom stereocenters. The van der Waals surface area contributed by atoms with Gasteiger partial charge >= 0.3 is 6.03 Å². The van der Waals surface area contributed by atoms with Gasteiger partial charge in [-0.25, -0.2) is 4.79 Å². The molecule has 1 aromatic rings. The van der Waals surface area contributed by atoms with Crippen molar-refractivity contribution in [2.24, 2.45) is 0 Å². The second kappa shape index (κ2) is 7.63. The molecule has 1 aromatic carbocycles. The highest BCUT2D eigenvalue weighted by atomic mass is 35.5.